The lowest BCUT2D eigenvalue weighted by molar-refractivity contribution is -0.123. The smallest absolute Gasteiger partial charge is 0.410 e. The van der Waals surface area contributed by atoms with E-state index in [0.29, 0.717) is 38.5 Å². The van der Waals surface area contributed by atoms with Crippen LogP contribution < -0.4 is 5.32 Å². The Morgan fingerprint density at radius 3 is 2.21 bits per heavy atom. The molecule has 2 heterocycles. The van der Waals surface area contributed by atoms with E-state index in [4.69, 9.17) is 9.47 Å². The van der Waals surface area contributed by atoms with Gasteiger partial charge in [-0.2, -0.15) is 0 Å². The maximum Gasteiger partial charge on any atom is 0.410 e. The lowest BCUT2D eigenvalue weighted by atomic mass is 9.83. The highest BCUT2D eigenvalue weighted by molar-refractivity contribution is 5.77. The first-order chi connectivity index (χ1) is 13.1. The van der Waals surface area contributed by atoms with Crippen LogP contribution in [-0.2, 0) is 14.3 Å². The third kappa shape index (κ3) is 6.56. The fourth-order valence-electron chi connectivity index (χ4n) is 3.90. The number of nitrogens with zero attached hydrogens (tertiary/aromatic N) is 2. The van der Waals surface area contributed by atoms with Gasteiger partial charge in [0.1, 0.15) is 5.60 Å². The van der Waals surface area contributed by atoms with Crippen LogP contribution in [0.5, 0.6) is 0 Å². The van der Waals surface area contributed by atoms with E-state index >= 15 is 0 Å². The molecule has 0 aromatic heterocycles. The lowest BCUT2D eigenvalue weighted by Crippen LogP contribution is -2.43. The number of nitrogens with one attached hydrogen (secondary N) is 1. The summed E-state index contributed by atoms with van der Waals surface area (Å²) in [5, 5.41) is 3.04. The minimum atomic E-state index is -0.483. The molecule has 0 aromatic carbocycles. The van der Waals surface area contributed by atoms with E-state index in [2.05, 4.69) is 12.2 Å². The summed E-state index contributed by atoms with van der Waals surface area (Å²) in [5.74, 6) is 0.692. The van der Waals surface area contributed by atoms with Crippen molar-refractivity contribution in [2.45, 2.75) is 65.0 Å². The van der Waals surface area contributed by atoms with Crippen molar-refractivity contribution in [3.63, 3.8) is 0 Å². The third-order valence-corrected chi connectivity index (χ3v) is 5.49. The molecule has 2 aliphatic rings. The molecule has 2 saturated heterocycles. The molecular formula is C20H35N3O5. The number of hydrogen-bond acceptors (Lipinski definition) is 5. The Morgan fingerprint density at radius 2 is 1.64 bits per heavy atom. The Labute approximate surface area is 167 Å². The van der Waals surface area contributed by atoms with Gasteiger partial charge in [0.25, 0.3) is 0 Å². The van der Waals surface area contributed by atoms with Gasteiger partial charge in [-0.3, -0.25) is 4.79 Å². The monoisotopic (exact) mass is 397 g/mol. The third-order valence-electron chi connectivity index (χ3n) is 5.49. The van der Waals surface area contributed by atoms with Gasteiger partial charge in [0.2, 0.25) is 5.91 Å². The van der Waals surface area contributed by atoms with E-state index in [-0.39, 0.29) is 30.1 Å². The first-order valence-corrected chi connectivity index (χ1v) is 10.2. The molecule has 8 nitrogen and oxygen atoms in total. The number of carbonyl (C=O) groups is 3. The summed E-state index contributed by atoms with van der Waals surface area (Å²) in [4.78, 5) is 39.5. The zero-order chi connectivity index (χ0) is 20.9. The maximum absolute atomic E-state index is 12.4. The summed E-state index contributed by atoms with van der Waals surface area (Å²) in [5.41, 5.74) is -0.483. The van der Waals surface area contributed by atoms with Gasteiger partial charge in [0.05, 0.1) is 7.11 Å². The Hall–Kier alpha value is -1.99. The summed E-state index contributed by atoms with van der Waals surface area (Å²) in [6.07, 6.45) is 2.38. The van der Waals surface area contributed by atoms with Gasteiger partial charge in [0.15, 0.2) is 0 Å². The maximum atomic E-state index is 12.4. The zero-order valence-electron chi connectivity index (χ0n) is 17.8. The van der Waals surface area contributed by atoms with E-state index in [1.165, 1.54) is 7.11 Å². The molecular weight excluding hydrogens is 362 g/mol. The number of amides is 3. The number of carbonyl (C=O) groups excluding carboxylic acids is 3. The van der Waals surface area contributed by atoms with Crippen molar-refractivity contribution in [1.82, 2.24) is 15.1 Å². The van der Waals surface area contributed by atoms with Crippen molar-refractivity contribution >= 4 is 18.1 Å². The highest BCUT2D eigenvalue weighted by Gasteiger charge is 2.31. The second kappa shape index (κ2) is 9.47. The second-order valence-corrected chi connectivity index (χ2v) is 8.96. The Kier molecular flexibility index (Phi) is 7.55. The second-order valence-electron chi connectivity index (χ2n) is 8.96. The van der Waals surface area contributed by atoms with E-state index < -0.39 is 5.60 Å². The SMILES string of the molecule is COC(=O)N1CC[C@H](NC(=O)C[C@H](C)C2CCN(C(=O)OC(C)(C)C)CC2)C1. The van der Waals surface area contributed by atoms with Crippen molar-refractivity contribution in [2.24, 2.45) is 11.8 Å². The fraction of sp³-hybridized carbons (Fsp3) is 0.850. The van der Waals surface area contributed by atoms with Gasteiger partial charge >= 0.3 is 12.2 Å². The van der Waals surface area contributed by atoms with Crippen LogP contribution in [0.4, 0.5) is 9.59 Å². The minimum absolute atomic E-state index is 0.00665. The van der Waals surface area contributed by atoms with Crippen LogP contribution in [0.1, 0.15) is 53.4 Å². The standard InChI is InChI=1S/C20H35N3O5/c1-14(12-17(24)21-16-8-11-23(13-16)18(25)27-5)15-6-9-22(10-7-15)19(26)28-20(2,3)4/h14-16H,6-13H2,1-5H3,(H,21,24)/t14-,16-/m0/s1. The van der Waals surface area contributed by atoms with E-state index in [9.17, 15) is 14.4 Å². The molecule has 0 unspecified atom stereocenters. The van der Waals surface area contributed by atoms with Crippen molar-refractivity contribution in [1.29, 1.82) is 0 Å². The van der Waals surface area contributed by atoms with Gasteiger partial charge in [-0.05, 0) is 51.9 Å². The van der Waals surface area contributed by atoms with Crippen LogP contribution in [0.3, 0.4) is 0 Å². The van der Waals surface area contributed by atoms with E-state index in [1.54, 1.807) is 9.80 Å². The molecule has 2 rings (SSSR count). The molecule has 3 amide bonds. The first-order valence-electron chi connectivity index (χ1n) is 10.2. The molecule has 160 valence electrons. The highest BCUT2D eigenvalue weighted by atomic mass is 16.6. The van der Waals surface area contributed by atoms with E-state index in [1.807, 2.05) is 20.8 Å². The molecule has 8 heteroatoms. The van der Waals surface area contributed by atoms with Gasteiger partial charge in [-0.15, -0.1) is 0 Å². The van der Waals surface area contributed by atoms with E-state index in [0.717, 1.165) is 19.3 Å². The van der Waals surface area contributed by atoms with Gasteiger partial charge in [0, 0.05) is 38.6 Å². The summed E-state index contributed by atoms with van der Waals surface area (Å²) in [6.45, 7) is 10.2. The van der Waals surface area contributed by atoms with Gasteiger partial charge in [-0.25, -0.2) is 9.59 Å². The molecule has 1 N–H and O–H groups in total. The van der Waals surface area contributed by atoms with Crippen molar-refractivity contribution in [3.8, 4) is 0 Å². The molecule has 2 aliphatic heterocycles. The topological polar surface area (TPSA) is 88.2 Å². The molecule has 2 fully saturated rings. The van der Waals surface area contributed by atoms with Crippen molar-refractivity contribution in [2.75, 3.05) is 33.3 Å². The molecule has 0 bridgehead atoms. The predicted octanol–water partition coefficient (Wildman–Crippen LogP) is 2.62. The molecule has 0 saturated carbocycles. The van der Waals surface area contributed by atoms with Crippen LogP contribution in [0.25, 0.3) is 0 Å². The number of methoxy groups -OCH3 is 1. The summed E-state index contributed by atoms with van der Waals surface area (Å²) in [7, 11) is 1.37. The molecule has 0 spiro atoms. The highest BCUT2D eigenvalue weighted by Crippen LogP contribution is 2.28. The first kappa shape index (κ1) is 22.3. The van der Waals surface area contributed by atoms with Crippen LogP contribution in [0.15, 0.2) is 0 Å². The Morgan fingerprint density at radius 1 is 1.04 bits per heavy atom. The van der Waals surface area contributed by atoms with Crippen molar-refractivity contribution < 1.29 is 23.9 Å². The normalized spacial score (nSPS) is 22.0. The summed E-state index contributed by atoms with van der Waals surface area (Å²) >= 11 is 0. The largest absolute Gasteiger partial charge is 0.453 e. The Balaban J connectivity index is 1.71. The quantitative estimate of drug-likeness (QED) is 0.788. The van der Waals surface area contributed by atoms with Gasteiger partial charge in [-0.1, -0.05) is 6.92 Å². The summed E-state index contributed by atoms with van der Waals surface area (Å²) in [6, 6.07) is -0.00665. The summed E-state index contributed by atoms with van der Waals surface area (Å²) < 4.78 is 10.2. The lowest BCUT2D eigenvalue weighted by Gasteiger charge is -2.35. The number of piperidine rings is 1. The fourth-order valence-corrected chi connectivity index (χ4v) is 3.90. The zero-order valence-corrected chi connectivity index (χ0v) is 17.8. The van der Waals surface area contributed by atoms with Crippen LogP contribution >= 0.6 is 0 Å². The van der Waals surface area contributed by atoms with Crippen LogP contribution in [0, 0.1) is 11.8 Å². The average molecular weight is 398 g/mol. The molecule has 0 aliphatic carbocycles. The van der Waals surface area contributed by atoms with Crippen LogP contribution in [-0.4, -0.2) is 72.8 Å². The Bertz CT molecular complexity index is 567. The molecule has 0 aromatic rings. The number of rotatable bonds is 4. The molecule has 0 radical (unpaired) electrons. The van der Waals surface area contributed by atoms with Crippen molar-refractivity contribution in [3.05, 3.63) is 0 Å². The number of hydrogen-bond donors (Lipinski definition) is 1. The van der Waals surface area contributed by atoms with Gasteiger partial charge < -0.3 is 24.6 Å². The number of likely N-dealkylation sites (tertiary alicyclic amines) is 2. The molecule has 28 heavy (non-hydrogen) atoms. The number of ether oxygens (including phenoxy) is 2. The average Bonchev–Trinajstić information content (AvgIpc) is 3.08. The van der Waals surface area contributed by atoms with Crippen LogP contribution in [0.2, 0.25) is 0 Å². The predicted molar refractivity (Wildman–Crippen MR) is 105 cm³/mol. The minimum Gasteiger partial charge on any atom is -0.453 e. The molecule has 2 atom stereocenters.